The number of carbonyl (C=O) groups excluding carboxylic acids is 1. The van der Waals surface area contributed by atoms with Crippen LogP contribution in [0.15, 0.2) is 29.6 Å². The monoisotopic (exact) mass is 246 g/mol. The molecule has 2 unspecified atom stereocenters. The van der Waals surface area contributed by atoms with Gasteiger partial charge in [0.05, 0.1) is 12.0 Å². The third kappa shape index (κ3) is 1.79. The van der Waals surface area contributed by atoms with Crippen LogP contribution in [0.5, 0.6) is 0 Å². The van der Waals surface area contributed by atoms with Crippen molar-refractivity contribution in [3.05, 3.63) is 35.2 Å². The van der Waals surface area contributed by atoms with Gasteiger partial charge in [-0.05, 0) is 36.2 Å². The average Bonchev–Trinajstić information content (AvgIpc) is 2.95. The predicted octanol–water partition coefficient (Wildman–Crippen LogP) is 3.51. The lowest BCUT2D eigenvalue weighted by molar-refractivity contribution is 0.0766. The number of hydrogen-bond acceptors (Lipinski definition) is 3. The summed E-state index contributed by atoms with van der Waals surface area (Å²) < 4.78 is 6.59. The standard InChI is InChI=1S/C14H14O2S/c1-9-11(5-7-16-9)13(15)12-4-2-3-10-6-8-17-14(10)12/h2-4,6,8-9,11H,5,7H2,1H3. The molecule has 88 valence electrons. The van der Waals surface area contributed by atoms with Gasteiger partial charge in [0.25, 0.3) is 0 Å². The van der Waals surface area contributed by atoms with E-state index in [9.17, 15) is 4.79 Å². The summed E-state index contributed by atoms with van der Waals surface area (Å²) >= 11 is 1.64. The Hall–Kier alpha value is -1.19. The Kier molecular flexibility index (Phi) is 2.73. The highest BCUT2D eigenvalue weighted by atomic mass is 32.1. The number of hydrogen-bond donors (Lipinski definition) is 0. The number of ketones is 1. The Morgan fingerprint density at radius 3 is 3.06 bits per heavy atom. The highest BCUT2D eigenvalue weighted by Crippen LogP contribution is 2.30. The molecule has 0 saturated carbocycles. The normalized spacial score (nSPS) is 24.3. The molecule has 0 amide bonds. The van der Waals surface area contributed by atoms with E-state index < -0.39 is 0 Å². The molecule has 3 rings (SSSR count). The molecule has 1 fully saturated rings. The molecule has 2 heterocycles. The molecule has 1 aliphatic rings. The van der Waals surface area contributed by atoms with Crippen molar-refractivity contribution in [1.29, 1.82) is 0 Å². The van der Waals surface area contributed by atoms with Gasteiger partial charge in [-0.15, -0.1) is 11.3 Å². The minimum Gasteiger partial charge on any atom is -0.378 e. The van der Waals surface area contributed by atoms with Crippen LogP contribution in [0.3, 0.4) is 0 Å². The van der Waals surface area contributed by atoms with Gasteiger partial charge < -0.3 is 4.74 Å². The molecule has 1 aromatic heterocycles. The van der Waals surface area contributed by atoms with Gasteiger partial charge in [-0.1, -0.05) is 12.1 Å². The van der Waals surface area contributed by atoms with Gasteiger partial charge in [0.1, 0.15) is 0 Å². The maximum atomic E-state index is 12.5. The van der Waals surface area contributed by atoms with Crippen LogP contribution >= 0.6 is 11.3 Å². The van der Waals surface area contributed by atoms with E-state index in [2.05, 4.69) is 12.1 Å². The second-order valence-corrected chi connectivity index (χ2v) is 5.40. The number of carbonyl (C=O) groups is 1. The summed E-state index contributed by atoms with van der Waals surface area (Å²) in [4.78, 5) is 12.5. The maximum Gasteiger partial charge on any atom is 0.170 e. The van der Waals surface area contributed by atoms with E-state index in [1.54, 1.807) is 11.3 Å². The molecule has 0 radical (unpaired) electrons. The number of ether oxygens (including phenoxy) is 1. The number of fused-ring (bicyclic) bond motifs is 1. The summed E-state index contributed by atoms with van der Waals surface area (Å²) in [5, 5.41) is 3.20. The molecule has 0 N–H and O–H groups in total. The van der Waals surface area contributed by atoms with Crippen molar-refractivity contribution in [2.75, 3.05) is 6.61 Å². The lowest BCUT2D eigenvalue weighted by Gasteiger charge is -2.13. The fourth-order valence-corrected chi connectivity index (χ4v) is 3.38. The Balaban J connectivity index is 2.03. The molecule has 2 atom stereocenters. The zero-order chi connectivity index (χ0) is 11.8. The second kappa shape index (κ2) is 4.24. The highest BCUT2D eigenvalue weighted by Gasteiger charge is 2.32. The van der Waals surface area contributed by atoms with Gasteiger partial charge in [-0.3, -0.25) is 4.79 Å². The molecule has 2 aromatic rings. The van der Waals surface area contributed by atoms with Crippen molar-refractivity contribution < 1.29 is 9.53 Å². The predicted molar refractivity (Wildman–Crippen MR) is 69.7 cm³/mol. The third-order valence-corrected chi connectivity index (χ3v) is 4.42. The summed E-state index contributed by atoms with van der Waals surface area (Å²) in [6, 6.07) is 8.01. The Morgan fingerprint density at radius 2 is 2.29 bits per heavy atom. The van der Waals surface area contributed by atoms with Crippen molar-refractivity contribution in [2.45, 2.75) is 19.4 Å². The molecule has 2 nitrogen and oxygen atoms in total. The molecule has 0 spiro atoms. The molecule has 1 aliphatic heterocycles. The van der Waals surface area contributed by atoms with Crippen molar-refractivity contribution in [2.24, 2.45) is 5.92 Å². The molecule has 3 heteroatoms. The zero-order valence-electron chi connectivity index (χ0n) is 9.68. The zero-order valence-corrected chi connectivity index (χ0v) is 10.5. The van der Waals surface area contributed by atoms with Crippen LogP contribution in [0.1, 0.15) is 23.7 Å². The molecule has 1 aromatic carbocycles. The van der Waals surface area contributed by atoms with E-state index in [-0.39, 0.29) is 17.8 Å². The Morgan fingerprint density at radius 1 is 1.41 bits per heavy atom. The third-order valence-electron chi connectivity index (χ3n) is 3.46. The molecular weight excluding hydrogens is 232 g/mol. The Bertz CT molecular complexity index is 558. The molecule has 0 aliphatic carbocycles. The average molecular weight is 246 g/mol. The topological polar surface area (TPSA) is 26.3 Å². The number of Topliss-reactive ketones (excluding diaryl/α,β-unsaturated/α-hetero) is 1. The summed E-state index contributed by atoms with van der Waals surface area (Å²) in [5.74, 6) is 0.269. The Labute approximate surface area is 104 Å². The minimum absolute atomic E-state index is 0.0303. The maximum absolute atomic E-state index is 12.5. The summed E-state index contributed by atoms with van der Waals surface area (Å²) in [6.45, 7) is 2.70. The van der Waals surface area contributed by atoms with E-state index in [1.165, 1.54) is 0 Å². The minimum atomic E-state index is 0.0303. The van der Waals surface area contributed by atoms with Crippen LogP contribution < -0.4 is 0 Å². The quantitative estimate of drug-likeness (QED) is 0.758. The lowest BCUT2D eigenvalue weighted by Crippen LogP contribution is -2.21. The van der Waals surface area contributed by atoms with Gasteiger partial charge in [-0.25, -0.2) is 0 Å². The smallest absolute Gasteiger partial charge is 0.170 e. The largest absolute Gasteiger partial charge is 0.378 e. The van der Waals surface area contributed by atoms with Gasteiger partial charge in [-0.2, -0.15) is 0 Å². The van der Waals surface area contributed by atoms with E-state index in [1.807, 2.05) is 24.4 Å². The van der Waals surface area contributed by atoms with Crippen molar-refractivity contribution in [1.82, 2.24) is 0 Å². The van der Waals surface area contributed by atoms with Gasteiger partial charge in [0.2, 0.25) is 0 Å². The van der Waals surface area contributed by atoms with Gasteiger partial charge in [0.15, 0.2) is 5.78 Å². The SMILES string of the molecule is CC1OCCC1C(=O)c1cccc2ccsc12. The van der Waals surface area contributed by atoms with E-state index in [0.29, 0.717) is 6.61 Å². The van der Waals surface area contributed by atoms with Crippen molar-refractivity contribution >= 4 is 27.2 Å². The molecule has 17 heavy (non-hydrogen) atoms. The van der Waals surface area contributed by atoms with Crippen LogP contribution in [0.25, 0.3) is 10.1 Å². The molecule has 0 bridgehead atoms. The van der Waals surface area contributed by atoms with Crippen molar-refractivity contribution in [3.8, 4) is 0 Å². The first-order valence-corrected chi connectivity index (χ1v) is 6.77. The first-order valence-electron chi connectivity index (χ1n) is 5.89. The number of thiophene rings is 1. The fraction of sp³-hybridized carbons (Fsp3) is 0.357. The van der Waals surface area contributed by atoms with E-state index in [4.69, 9.17) is 4.74 Å². The molecular formula is C14H14O2S. The summed E-state index contributed by atoms with van der Waals surface area (Å²) in [5.41, 5.74) is 0.861. The number of benzene rings is 1. The van der Waals surface area contributed by atoms with Gasteiger partial charge in [0, 0.05) is 16.9 Å². The molecule has 1 saturated heterocycles. The van der Waals surface area contributed by atoms with Gasteiger partial charge >= 0.3 is 0 Å². The van der Waals surface area contributed by atoms with Crippen LogP contribution in [-0.4, -0.2) is 18.5 Å². The fourth-order valence-electron chi connectivity index (χ4n) is 2.46. The summed E-state index contributed by atoms with van der Waals surface area (Å²) in [7, 11) is 0. The highest BCUT2D eigenvalue weighted by molar-refractivity contribution is 7.17. The van der Waals surface area contributed by atoms with E-state index >= 15 is 0 Å². The number of rotatable bonds is 2. The summed E-state index contributed by atoms with van der Waals surface area (Å²) in [6.07, 6.45) is 0.902. The lowest BCUT2D eigenvalue weighted by atomic mass is 9.92. The first-order chi connectivity index (χ1) is 8.27. The van der Waals surface area contributed by atoms with E-state index in [0.717, 1.165) is 22.1 Å². The first kappa shape index (κ1) is 10.9. The van der Waals surface area contributed by atoms with Crippen molar-refractivity contribution in [3.63, 3.8) is 0 Å². The van der Waals surface area contributed by atoms with Crippen LogP contribution in [-0.2, 0) is 4.74 Å². The van der Waals surface area contributed by atoms with Crippen LogP contribution in [0, 0.1) is 5.92 Å². The van der Waals surface area contributed by atoms with Crippen LogP contribution in [0.2, 0.25) is 0 Å². The van der Waals surface area contributed by atoms with Crippen LogP contribution in [0.4, 0.5) is 0 Å². The second-order valence-electron chi connectivity index (χ2n) is 4.48.